The van der Waals surface area contributed by atoms with Crippen LogP contribution in [0.2, 0.25) is 0 Å². The van der Waals surface area contributed by atoms with Gasteiger partial charge in [0.25, 0.3) is 0 Å². The van der Waals surface area contributed by atoms with Crippen LogP contribution >= 0.6 is 0 Å². The lowest BCUT2D eigenvalue weighted by molar-refractivity contribution is 0.170. The van der Waals surface area contributed by atoms with Gasteiger partial charge in [-0.25, -0.2) is 19.3 Å². The molecule has 0 saturated carbocycles. The molecule has 2 aromatic heterocycles. The molecule has 0 spiro atoms. The lowest BCUT2D eigenvalue weighted by Crippen LogP contribution is -2.60. The number of benzene rings is 1. The van der Waals surface area contributed by atoms with Crippen molar-refractivity contribution in [2.75, 3.05) is 25.5 Å². The molecule has 36 heavy (non-hydrogen) atoms. The molecule has 0 atom stereocenters. The minimum Gasteiger partial charge on any atom is -0.351 e. The largest absolute Gasteiger partial charge is 0.351 e. The highest BCUT2D eigenvalue weighted by Gasteiger charge is 2.38. The molecule has 3 aromatic rings. The molecule has 5 rings (SSSR count). The quantitative estimate of drug-likeness (QED) is 0.515. The van der Waals surface area contributed by atoms with Gasteiger partial charge in [0.05, 0.1) is 23.4 Å². The Kier molecular flexibility index (Phi) is 6.59. The van der Waals surface area contributed by atoms with E-state index >= 15 is 0 Å². The van der Waals surface area contributed by atoms with Crippen LogP contribution in [0.5, 0.6) is 0 Å². The van der Waals surface area contributed by atoms with E-state index in [1.807, 2.05) is 18.6 Å². The van der Waals surface area contributed by atoms with Crippen LogP contribution in [0.25, 0.3) is 22.6 Å². The highest BCUT2D eigenvalue weighted by molar-refractivity contribution is 5.77. The van der Waals surface area contributed by atoms with Crippen molar-refractivity contribution in [2.45, 2.75) is 76.5 Å². The molecule has 8 heteroatoms. The summed E-state index contributed by atoms with van der Waals surface area (Å²) in [5, 5.41) is 7.35. The number of likely N-dealkylation sites (tertiary alicyclic amines) is 1. The lowest BCUT2D eigenvalue weighted by atomic mass is 9.80. The van der Waals surface area contributed by atoms with Gasteiger partial charge in [-0.15, -0.1) is 0 Å². The Morgan fingerprint density at radius 3 is 2.31 bits per heavy atom. The number of halogens is 1. The van der Waals surface area contributed by atoms with E-state index in [0.717, 1.165) is 61.4 Å². The standard InChI is InChI=1S/C28H38FN7/c1-27(2)16-21(17-28(3,4)34-27)32-26-30-13-10-23(33-26)25-24(19-6-8-20(29)9-7-19)31-18-36(25)22-11-14-35(5)15-12-22/h6-10,13,18,21-22,34H,11-12,14-17H2,1-5H3,(H,30,32,33). The molecule has 4 heterocycles. The third-order valence-corrected chi connectivity index (χ3v) is 7.41. The van der Waals surface area contributed by atoms with Crippen molar-refractivity contribution in [2.24, 2.45) is 0 Å². The molecule has 192 valence electrons. The number of rotatable bonds is 5. The Balaban J connectivity index is 1.50. The molecule has 0 radical (unpaired) electrons. The first kappa shape index (κ1) is 24.8. The predicted octanol–water partition coefficient (Wildman–Crippen LogP) is 5.13. The van der Waals surface area contributed by atoms with Crippen LogP contribution < -0.4 is 10.6 Å². The number of hydrogen-bond donors (Lipinski definition) is 2. The smallest absolute Gasteiger partial charge is 0.223 e. The molecule has 2 aliphatic rings. The minimum absolute atomic E-state index is 0.0273. The van der Waals surface area contributed by atoms with Crippen LogP contribution in [0, 0.1) is 5.82 Å². The van der Waals surface area contributed by atoms with Gasteiger partial charge in [0, 0.05) is 34.9 Å². The summed E-state index contributed by atoms with van der Waals surface area (Å²) in [5.41, 5.74) is 3.55. The monoisotopic (exact) mass is 491 g/mol. The van der Waals surface area contributed by atoms with Crippen molar-refractivity contribution in [1.29, 1.82) is 0 Å². The van der Waals surface area contributed by atoms with Gasteiger partial charge in [0.15, 0.2) is 0 Å². The van der Waals surface area contributed by atoms with E-state index in [0.29, 0.717) is 12.0 Å². The molecular formula is C28H38FN7. The maximum atomic E-state index is 13.7. The summed E-state index contributed by atoms with van der Waals surface area (Å²) in [6, 6.07) is 9.12. The van der Waals surface area contributed by atoms with Gasteiger partial charge < -0.3 is 20.1 Å². The minimum atomic E-state index is -0.253. The molecule has 0 aliphatic carbocycles. The Hall–Kier alpha value is -2.84. The van der Waals surface area contributed by atoms with Gasteiger partial charge >= 0.3 is 0 Å². The topological polar surface area (TPSA) is 70.9 Å². The maximum absolute atomic E-state index is 13.7. The highest BCUT2D eigenvalue weighted by atomic mass is 19.1. The zero-order valence-electron chi connectivity index (χ0n) is 22.1. The third-order valence-electron chi connectivity index (χ3n) is 7.41. The van der Waals surface area contributed by atoms with Crippen molar-refractivity contribution < 1.29 is 4.39 Å². The number of nitrogens with one attached hydrogen (secondary N) is 2. The molecule has 1 aromatic carbocycles. The molecule has 2 N–H and O–H groups in total. The van der Waals surface area contributed by atoms with Crippen LogP contribution in [0.15, 0.2) is 42.9 Å². The number of hydrogen-bond acceptors (Lipinski definition) is 6. The first-order valence-electron chi connectivity index (χ1n) is 13.0. The third kappa shape index (κ3) is 5.44. The maximum Gasteiger partial charge on any atom is 0.223 e. The highest BCUT2D eigenvalue weighted by Crippen LogP contribution is 2.36. The van der Waals surface area contributed by atoms with Crippen molar-refractivity contribution in [3.63, 3.8) is 0 Å². The summed E-state index contributed by atoms with van der Waals surface area (Å²) in [6.07, 6.45) is 7.83. The molecule has 0 unspecified atom stereocenters. The van der Waals surface area contributed by atoms with Crippen molar-refractivity contribution in [3.8, 4) is 22.6 Å². The van der Waals surface area contributed by atoms with Gasteiger partial charge in [-0.1, -0.05) is 0 Å². The molecule has 0 amide bonds. The van der Waals surface area contributed by atoms with Crippen molar-refractivity contribution >= 4 is 5.95 Å². The molecule has 2 fully saturated rings. The fraction of sp³-hybridized carbons (Fsp3) is 0.536. The van der Waals surface area contributed by atoms with Crippen molar-refractivity contribution in [3.05, 3.63) is 48.7 Å². The van der Waals surface area contributed by atoms with Crippen LogP contribution in [0.3, 0.4) is 0 Å². The van der Waals surface area contributed by atoms with Gasteiger partial charge in [-0.3, -0.25) is 0 Å². The van der Waals surface area contributed by atoms with Crippen LogP contribution in [0.1, 0.15) is 59.4 Å². The lowest BCUT2D eigenvalue weighted by Gasteiger charge is -2.46. The average Bonchev–Trinajstić information content (AvgIpc) is 3.23. The first-order valence-corrected chi connectivity index (χ1v) is 13.0. The van der Waals surface area contributed by atoms with E-state index in [-0.39, 0.29) is 22.9 Å². The van der Waals surface area contributed by atoms with Crippen LogP contribution in [-0.2, 0) is 0 Å². The van der Waals surface area contributed by atoms with Crippen molar-refractivity contribution in [1.82, 2.24) is 29.7 Å². The molecule has 2 saturated heterocycles. The molecular weight excluding hydrogens is 453 g/mol. The van der Waals surface area contributed by atoms with E-state index in [1.165, 1.54) is 12.1 Å². The summed E-state index contributed by atoms with van der Waals surface area (Å²) in [6.45, 7) is 11.1. The second kappa shape index (κ2) is 9.56. The van der Waals surface area contributed by atoms with E-state index < -0.39 is 0 Å². The second-order valence-electron chi connectivity index (χ2n) is 11.8. The zero-order valence-corrected chi connectivity index (χ0v) is 22.1. The normalized spacial score (nSPS) is 20.9. The number of aromatic nitrogens is 4. The second-order valence-corrected chi connectivity index (χ2v) is 11.8. The van der Waals surface area contributed by atoms with Crippen LogP contribution in [-0.4, -0.2) is 61.7 Å². The molecule has 0 bridgehead atoms. The van der Waals surface area contributed by atoms with Gasteiger partial charge in [0.1, 0.15) is 5.82 Å². The first-order chi connectivity index (χ1) is 17.1. The molecule has 2 aliphatic heterocycles. The summed E-state index contributed by atoms with van der Waals surface area (Å²) in [5.74, 6) is 0.378. The summed E-state index contributed by atoms with van der Waals surface area (Å²) in [4.78, 5) is 16.7. The van der Waals surface area contributed by atoms with E-state index in [4.69, 9.17) is 9.97 Å². The van der Waals surface area contributed by atoms with Crippen LogP contribution in [0.4, 0.5) is 10.3 Å². The fourth-order valence-electron chi connectivity index (χ4n) is 6.15. The van der Waals surface area contributed by atoms with Gasteiger partial charge in [0.2, 0.25) is 5.95 Å². The summed E-state index contributed by atoms with van der Waals surface area (Å²) in [7, 11) is 2.17. The molecule has 7 nitrogen and oxygen atoms in total. The van der Waals surface area contributed by atoms with E-state index in [1.54, 1.807) is 12.1 Å². The Labute approximate surface area is 213 Å². The Bertz CT molecular complexity index is 1180. The number of piperidine rings is 2. The zero-order chi connectivity index (χ0) is 25.5. The van der Waals surface area contributed by atoms with Gasteiger partial charge in [-0.2, -0.15) is 0 Å². The summed E-state index contributed by atoms with van der Waals surface area (Å²) >= 11 is 0. The Morgan fingerprint density at radius 1 is 0.972 bits per heavy atom. The van der Waals surface area contributed by atoms with E-state index in [9.17, 15) is 4.39 Å². The average molecular weight is 492 g/mol. The van der Waals surface area contributed by atoms with E-state index in [2.05, 4.69) is 59.8 Å². The number of anilines is 1. The fourth-order valence-corrected chi connectivity index (χ4v) is 6.15. The number of nitrogens with zero attached hydrogens (tertiary/aromatic N) is 5. The van der Waals surface area contributed by atoms with Gasteiger partial charge in [-0.05, 0) is 104 Å². The predicted molar refractivity (Wildman–Crippen MR) is 142 cm³/mol. The summed E-state index contributed by atoms with van der Waals surface area (Å²) < 4.78 is 16.0. The Morgan fingerprint density at radius 2 is 1.64 bits per heavy atom. The SMILES string of the molecule is CN1CCC(n2cnc(-c3ccc(F)cc3)c2-c2ccnc(NC3CC(C)(C)NC(C)(C)C3)n2)CC1. The number of imidazole rings is 1.